The number of urea groups is 1. The Bertz CT molecular complexity index is 970. The van der Waals surface area contributed by atoms with E-state index >= 15 is 0 Å². The number of carbonyl (C=O) groups excluding carboxylic acids is 1. The van der Waals surface area contributed by atoms with Crippen molar-refractivity contribution in [2.24, 2.45) is 5.73 Å². The number of carbonyl (C=O) groups is 2. The van der Waals surface area contributed by atoms with Crippen molar-refractivity contribution >= 4 is 29.3 Å². The van der Waals surface area contributed by atoms with Gasteiger partial charge in [0.05, 0.1) is 5.56 Å². The molecule has 1 heterocycles. The van der Waals surface area contributed by atoms with Crippen LogP contribution >= 0.6 is 11.6 Å². The van der Waals surface area contributed by atoms with E-state index in [0.717, 1.165) is 36.4 Å². The minimum Gasteiger partial charge on any atom is -0.478 e. The van der Waals surface area contributed by atoms with Crippen molar-refractivity contribution in [3.63, 3.8) is 0 Å². The molecule has 2 aliphatic rings. The summed E-state index contributed by atoms with van der Waals surface area (Å²) >= 11 is 6.22. The highest BCUT2D eigenvalue weighted by molar-refractivity contribution is 6.30. The number of carboxylic acid groups (broad SMARTS) is 1. The number of rotatable bonds is 5. The van der Waals surface area contributed by atoms with Gasteiger partial charge in [0, 0.05) is 41.3 Å². The molecular formula is C24H28ClN3O3. The Morgan fingerprint density at radius 3 is 2.45 bits per heavy atom. The Morgan fingerprint density at radius 1 is 1.19 bits per heavy atom. The van der Waals surface area contributed by atoms with Gasteiger partial charge in [-0.2, -0.15) is 0 Å². The number of amides is 2. The van der Waals surface area contributed by atoms with E-state index in [9.17, 15) is 9.59 Å². The molecule has 6 nitrogen and oxygen atoms in total. The summed E-state index contributed by atoms with van der Waals surface area (Å²) in [7, 11) is 0. The molecule has 4 rings (SSSR count). The maximum absolute atomic E-state index is 13.3. The van der Waals surface area contributed by atoms with Gasteiger partial charge in [0.1, 0.15) is 0 Å². The molecule has 2 fully saturated rings. The number of anilines is 1. The van der Waals surface area contributed by atoms with Gasteiger partial charge in [-0.3, -0.25) is 4.90 Å². The largest absolute Gasteiger partial charge is 0.478 e. The summed E-state index contributed by atoms with van der Waals surface area (Å²) in [5, 5.41) is 9.83. The van der Waals surface area contributed by atoms with Crippen LogP contribution in [0.4, 0.5) is 10.5 Å². The van der Waals surface area contributed by atoms with E-state index in [0.29, 0.717) is 13.1 Å². The smallest absolute Gasteiger partial charge is 0.335 e. The van der Waals surface area contributed by atoms with E-state index < -0.39 is 5.97 Å². The summed E-state index contributed by atoms with van der Waals surface area (Å²) < 4.78 is 0. The zero-order chi connectivity index (χ0) is 22.2. The Hall–Kier alpha value is -2.57. The van der Waals surface area contributed by atoms with Crippen molar-refractivity contribution in [2.45, 2.75) is 50.1 Å². The monoisotopic (exact) mass is 441 g/mol. The van der Waals surface area contributed by atoms with Crippen molar-refractivity contribution in [1.29, 1.82) is 0 Å². The molecule has 0 radical (unpaired) electrons. The Balaban J connectivity index is 1.48. The van der Waals surface area contributed by atoms with Gasteiger partial charge >= 0.3 is 12.0 Å². The second kappa shape index (κ2) is 8.52. The van der Waals surface area contributed by atoms with Crippen LogP contribution in [0.5, 0.6) is 0 Å². The lowest BCUT2D eigenvalue weighted by Gasteiger charge is -2.43. The van der Waals surface area contributed by atoms with Gasteiger partial charge in [-0.1, -0.05) is 23.7 Å². The van der Waals surface area contributed by atoms with Crippen molar-refractivity contribution in [2.75, 3.05) is 18.0 Å². The van der Waals surface area contributed by atoms with E-state index in [1.165, 1.54) is 5.56 Å². The first-order valence-corrected chi connectivity index (χ1v) is 11.1. The number of hydrogen-bond donors (Lipinski definition) is 2. The van der Waals surface area contributed by atoms with Crippen LogP contribution in [0.15, 0.2) is 48.5 Å². The fourth-order valence-electron chi connectivity index (χ4n) is 5.14. The summed E-state index contributed by atoms with van der Waals surface area (Å²) in [6, 6.07) is 14.7. The van der Waals surface area contributed by atoms with Gasteiger partial charge in [-0.25, -0.2) is 9.59 Å². The van der Waals surface area contributed by atoms with Crippen LogP contribution in [0.25, 0.3) is 0 Å². The molecule has 2 amide bonds. The third-order valence-electron chi connectivity index (χ3n) is 6.93. The van der Waals surface area contributed by atoms with Gasteiger partial charge in [0.25, 0.3) is 0 Å². The Kier molecular flexibility index (Phi) is 5.95. The number of hydrogen-bond acceptors (Lipinski definition) is 3. The standard InChI is InChI=1S/C24H28ClN3O3/c1-16-14-27(20-7-5-17(6-8-20)22(29)30)23(31)28(16)21-9-11-24(15-26,12-10-21)18-3-2-4-19(25)13-18/h2-8,13,16,21H,9-12,14-15,26H2,1H3,(H,29,30)/t16-,21-,24-/m1/s1. The predicted octanol–water partition coefficient (Wildman–Crippen LogP) is 4.51. The lowest BCUT2D eigenvalue weighted by molar-refractivity contribution is 0.0697. The van der Waals surface area contributed by atoms with E-state index in [-0.39, 0.29) is 29.1 Å². The highest BCUT2D eigenvalue weighted by Gasteiger charge is 2.44. The third kappa shape index (κ3) is 4.02. The maximum atomic E-state index is 13.3. The number of halogens is 1. The molecule has 0 unspecified atom stereocenters. The van der Waals surface area contributed by atoms with Crippen LogP contribution in [0.2, 0.25) is 5.02 Å². The fourth-order valence-corrected chi connectivity index (χ4v) is 5.33. The zero-order valence-electron chi connectivity index (χ0n) is 17.6. The average Bonchev–Trinajstić information content (AvgIpc) is 3.07. The number of nitrogens with two attached hydrogens (primary N) is 1. The van der Waals surface area contributed by atoms with Crippen LogP contribution in [0.1, 0.15) is 48.5 Å². The van der Waals surface area contributed by atoms with Gasteiger partial charge in [0.2, 0.25) is 0 Å². The normalized spacial score (nSPS) is 26.4. The molecule has 1 saturated carbocycles. The van der Waals surface area contributed by atoms with Gasteiger partial charge in [-0.15, -0.1) is 0 Å². The predicted molar refractivity (Wildman–Crippen MR) is 122 cm³/mol. The first kappa shape index (κ1) is 21.7. The zero-order valence-corrected chi connectivity index (χ0v) is 18.4. The molecule has 7 heteroatoms. The van der Waals surface area contributed by atoms with Crippen LogP contribution < -0.4 is 10.6 Å². The van der Waals surface area contributed by atoms with Crippen molar-refractivity contribution in [1.82, 2.24) is 4.90 Å². The van der Waals surface area contributed by atoms with Crippen molar-refractivity contribution in [3.05, 3.63) is 64.7 Å². The first-order chi connectivity index (χ1) is 14.8. The first-order valence-electron chi connectivity index (χ1n) is 10.7. The molecule has 0 bridgehead atoms. The molecule has 1 saturated heterocycles. The summed E-state index contributed by atoms with van der Waals surface area (Å²) in [4.78, 5) is 28.1. The Labute approximate surface area is 187 Å². The molecule has 1 aliphatic carbocycles. The highest BCUT2D eigenvalue weighted by Crippen LogP contribution is 2.42. The van der Waals surface area contributed by atoms with Crippen LogP contribution in [0, 0.1) is 0 Å². The van der Waals surface area contributed by atoms with Crippen LogP contribution in [0.3, 0.4) is 0 Å². The molecule has 2 aromatic rings. The summed E-state index contributed by atoms with van der Waals surface area (Å²) in [5.74, 6) is -0.973. The third-order valence-corrected chi connectivity index (χ3v) is 7.17. The quantitative estimate of drug-likeness (QED) is 0.714. The Morgan fingerprint density at radius 2 is 1.87 bits per heavy atom. The SMILES string of the molecule is C[C@@H]1CN(c2ccc(C(=O)O)cc2)C(=O)N1[C@H]1CC[C@](CN)(c2cccc(Cl)c2)CC1. The van der Waals surface area contributed by atoms with E-state index in [1.54, 1.807) is 29.2 Å². The molecule has 0 spiro atoms. The summed E-state index contributed by atoms with van der Waals surface area (Å²) in [6.45, 7) is 3.23. The van der Waals surface area contributed by atoms with E-state index in [2.05, 4.69) is 13.0 Å². The van der Waals surface area contributed by atoms with Crippen LogP contribution in [-0.2, 0) is 5.41 Å². The molecule has 3 N–H and O–H groups in total. The average molecular weight is 442 g/mol. The number of carboxylic acids is 1. The molecule has 31 heavy (non-hydrogen) atoms. The second-order valence-corrected chi connectivity index (χ2v) is 9.16. The van der Waals surface area contributed by atoms with Crippen molar-refractivity contribution in [3.8, 4) is 0 Å². The molecule has 0 aromatic heterocycles. The lowest BCUT2D eigenvalue weighted by Crippen LogP contribution is -2.48. The van der Waals surface area contributed by atoms with E-state index in [1.807, 2.05) is 23.1 Å². The van der Waals surface area contributed by atoms with Gasteiger partial charge in [-0.05, 0) is 74.6 Å². The molecular weight excluding hydrogens is 414 g/mol. The summed E-state index contributed by atoms with van der Waals surface area (Å²) in [6.07, 6.45) is 3.62. The molecule has 1 aliphatic heterocycles. The summed E-state index contributed by atoms with van der Waals surface area (Å²) in [5.41, 5.74) is 8.26. The van der Waals surface area contributed by atoms with E-state index in [4.69, 9.17) is 22.4 Å². The molecule has 1 atom stereocenters. The topological polar surface area (TPSA) is 86.9 Å². The lowest BCUT2D eigenvalue weighted by atomic mass is 9.68. The van der Waals surface area contributed by atoms with Gasteiger partial charge in [0.15, 0.2) is 0 Å². The minimum absolute atomic E-state index is 0.0106. The fraction of sp³-hybridized carbons (Fsp3) is 0.417. The highest BCUT2D eigenvalue weighted by atomic mass is 35.5. The molecule has 164 valence electrons. The second-order valence-electron chi connectivity index (χ2n) is 8.73. The molecule has 2 aromatic carbocycles. The number of benzene rings is 2. The minimum atomic E-state index is -0.973. The maximum Gasteiger partial charge on any atom is 0.335 e. The number of aromatic carboxylic acids is 1. The number of nitrogens with zero attached hydrogens (tertiary/aromatic N) is 2. The van der Waals surface area contributed by atoms with Crippen molar-refractivity contribution < 1.29 is 14.7 Å². The van der Waals surface area contributed by atoms with Crippen LogP contribution in [-0.4, -0.2) is 47.2 Å². The van der Waals surface area contributed by atoms with Gasteiger partial charge < -0.3 is 15.7 Å².